The van der Waals surface area contributed by atoms with Gasteiger partial charge in [0.05, 0.1) is 0 Å². The SMILES string of the molecule is CN(CC1CCNCC1)c1ccnc(C(N)=O)c1. The summed E-state index contributed by atoms with van der Waals surface area (Å²) in [7, 11) is 2.04. The number of nitrogens with one attached hydrogen (secondary N) is 1. The van der Waals surface area contributed by atoms with Crippen LogP contribution in [-0.2, 0) is 0 Å². The van der Waals surface area contributed by atoms with Crippen LogP contribution in [0, 0.1) is 5.92 Å². The highest BCUT2D eigenvalue weighted by Gasteiger charge is 2.15. The number of nitrogens with two attached hydrogens (primary N) is 1. The zero-order valence-corrected chi connectivity index (χ0v) is 10.7. The predicted octanol–water partition coefficient (Wildman–Crippen LogP) is 0.616. The molecule has 1 aliphatic rings. The molecule has 0 atom stereocenters. The van der Waals surface area contributed by atoms with Gasteiger partial charge in [-0.15, -0.1) is 0 Å². The zero-order chi connectivity index (χ0) is 13.0. The Morgan fingerprint density at radius 2 is 2.28 bits per heavy atom. The second kappa shape index (κ2) is 5.82. The molecule has 1 aromatic rings. The lowest BCUT2D eigenvalue weighted by molar-refractivity contribution is 0.0995. The number of amides is 1. The van der Waals surface area contributed by atoms with Crippen molar-refractivity contribution in [1.29, 1.82) is 0 Å². The van der Waals surface area contributed by atoms with Crippen molar-refractivity contribution in [3.05, 3.63) is 24.0 Å². The van der Waals surface area contributed by atoms with E-state index >= 15 is 0 Å². The third-order valence-electron chi connectivity index (χ3n) is 3.43. The topological polar surface area (TPSA) is 71.2 Å². The van der Waals surface area contributed by atoms with Crippen molar-refractivity contribution >= 4 is 11.6 Å². The summed E-state index contributed by atoms with van der Waals surface area (Å²) in [4.78, 5) is 17.2. The van der Waals surface area contributed by atoms with Crippen molar-refractivity contribution in [3.8, 4) is 0 Å². The van der Waals surface area contributed by atoms with E-state index < -0.39 is 5.91 Å². The molecule has 18 heavy (non-hydrogen) atoms. The van der Waals surface area contributed by atoms with E-state index in [-0.39, 0.29) is 0 Å². The molecule has 3 N–H and O–H groups in total. The van der Waals surface area contributed by atoms with E-state index in [4.69, 9.17) is 5.73 Å². The van der Waals surface area contributed by atoms with Crippen molar-refractivity contribution < 1.29 is 4.79 Å². The molecule has 1 aromatic heterocycles. The summed E-state index contributed by atoms with van der Waals surface area (Å²) in [5, 5.41) is 3.36. The summed E-state index contributed by atoms with van der Waals surface area (Å²) < 4.78 is 0. The molecule has 0 bridgehead atoms. The normalized spacial score (nSPS) is 16.5. The fourth-order valence-corrected chi connectivity index (χ4v) is 2.35. The number of aromatic nitrogens is 1. The number of rotatable bonds is 4. The van der Waals surface area contributed by atoms with Crippen LogP contribution < -0.4 is 16.0 Å². The third kappa shape index (κ3) is 3.20. The quantitative estimate of drug-likeness (QED) is 0.819. The van der Waals surface area contributed by atoms with Gasteiger partial charge in [-0.3, -0.25) is 9.78 Å². The van der Waals surface area contributed by atoms with Crippen molar-refractivity contribution in [2.45, 2.75) is 12.8 Å². The molecule has 5 nitrogen and oxygen atoms in total. The van der Waals surface area contributed by atoms with E-state index in [1.54, 1.807) is 12.3 Å². The fourth-order valence-electron chi connectivity index (χ4n) is 2.35. The molecule has 98 valence electrons. The minimum atomic E-state index is -0.480. The van der Waals surface area contributed by atoms with Crippen LogP contribution >= 0.6 is 0 Å². The highest BCUT2D eigenvalue weighted by molar-refractivity contribution is 5.91. The fraction of sp³-hybridized carbons (Fsp3) is 0.538. The van der Waals surface area contributed by atoms with Crippen LogP contribution in [-0.4, -0.2) is 37.6 Å². The number of hydrogen-bond acceptors (Lipinski definition) is 4. The van der Waals surface area contributed by atoms with E-state index in [0.29, 0.717) is 11.6 Å². The number of anilines is 1. The number of primary amides is 1. The molecule has 0 spiro atoms. The number of carbonyl (C=O) groups is 1. The van der Waals surface area contributed by atoms with Crippen LogP contribution in [0.4, 0.5) is 5.69 Å². The average Bonchev–Trinajstić information content (AvgIpc) is 2.40. The maximum absolute atomic E-state index is 11.1. The van der Waals surface area contributed by atoms with Crippen molar-refractivity contribution in [1.82, 2.24) is 10.3 Å². The Hall–Kier alpha value is -1.62. The lowest BCUT2D eigenvalue weighted by Gasteiger charge is -2.28. The summed E-state index contributed by atoms with van der Waals surface area (Å²) in [6, 6.07) is 3.66. The summed E-state index contributed by atoms with van der Waals surface area (Å²) in [6.45, 7) is 3.20. The predicted molar refractivity (Wildman–Crippen MR) is 71.6 cm³/mol. The number of piperidine rings is 1. The van der Waals surface area contributed by atoms with Gasteiger partial charge in [0.15, 0.2) is 0 Å². The maximum atomic E-state index is 11.1. The lowest BCUT2D eigenvalue weighted by Crippen LogP contribution is -2.34. The molecule has 0 radical (unpaired) electrons. The Morgan fingerprint density at radius 3 is 2.94 bits per heavy atom. The van der Waals surface area contributed by atoms with E-state index in [0.717, 1.165) is 25.3 Å². The van der Waals surface area contributed by atoms with Crippen LogP contribution in [0.5, 0.6) is 0 Å². The molecular formula is C13H20N4O. The molecule has 5 heteroatoms. The van der Waals surface area contributed by atoms with Gasteiger partial charge < -0.3 is 16.0 Å². The zero-order valence-electron chi connectivity index (χ0n) is 10.7. The largest absolute Gasteiger partial charge is 0.374 e. The minimum Gasteiger partial charge on any atom is -0.374 e. The molecule has 1 amide bonds. The molecule has 1 saturated heterocycles. The molecule has 1 fully saturated rings. The Kier molecular flexibility index (Phi) is 4.15. The Balaban J connectivity index is 2.01. The first-order chi connectivity index (χ1) is 8.66. The average molecular weight is 248 g/mol. The van der Waals surface area contributed by atoms with E-state index in [9.17, 15) is 4.79 Å². The molecule has 2 rings (SSSR count). The number of pyridine rings is 1. The van der Waals surface area contributed by atoms with Crippen molar-refractivity contribution in [3.63, 3.8) is 0 Å². The van der Waals surface area contributed by atoms with Crippen molar-refractivity contribution in [2.24, 2.45) is 11.7 Å². The second-order valence-corrected chi connectivity index (χ2v) is 4.84. The van der Waals surface area contributed by atoms with Gasteiger partial charge in [0.25, 0.3) is 5.91 Å². The molecule has 1 aliphatic heterocycles. The highest BCUT2D eigenvalue weighted by atomic mass is 16.1. The van der Waals surface area contributed by atoms with Gasteiger partial charge in [-0.2, -0.15) is 0 Å². The van der Waals surface area contributed by atoms with E-state index in [1.807, 2.05) is 13.1 Å². The van der Waals surface area contributed by atoms with Crippen molar-refractivity contribution in [2.75, 3.05) is 31.6 Å². The molecule has 0 aromatic carbocycles. The van der Waals surface area contributed by atoms with Crippen LogP contribution in [0.2, 0.25) is 0 Å². The number of nitrogens with zero attached hydrogens (tertiary/aromatic N) is 2. The molecule has 0 aliphatic carbocycles. The molecular weight excluding hydrogens is 228 g/mol. The van der Waals surface area contributed by atoms with Gasteiger partial charge in [0.2, 0.25) is 0 Å². The first-order valence-corrected chi connectivity index (χ1v) is 6.34. The second-order valence-electron chi connectivity index (χ2n) is 4.84. The van der Waals surface area contributed by atoms with E-state index in [1.165, 1.54) is 12.8 Å². The molecule has 0 unspecified atom stereocenters. The Labute approximate surface area is 107 Å². The van der Waals surface area contributed by atoms with E-state index in [2.05, 4.69) is 15.2 Å². The Morgan fingerprint density at radius 1 is 1.56 bits per heavy atom. The number of carbonyl (C=O) groups excluding carboxylic acids is 1. The highest BCUT2D eigenvalue weighted by Crippen LogP contribution is 2.18. The monoisotopic (exact) mass is 248 g/mol. The summed E-state index contributed by atoms with van der Waals surface area (Å²) in [5.74, 6) is 0.230. The number of hydrogen-bond donors (Lipinski definition) is 2. The van der Waals surface area contributed by atoms with Gasteiger partial charge in [0, 0.05) is 25.5 Å². The standard InChI is InChI=1S/C13H20N4O/c1-17(9-10-2-5-15-6-3-10)11-4-7-16-12(8-11)13(14)18/h4,7-8,10,15H,2-3,5-6,9H2,1H3,(H2,14,18). The first-order valence-electron chi connectivity index (χ1n) is 6.34. The smallest absolute Gasteiger partial charge is 0.267 e. The van der Waals surface area contributed by atoms with Crippen LogP contribution in [0.15, 0.2) is 18.3 Å². The van der Waals surface area contributed by atoms with Crippen LogP contribution in [0.25, 0.3) is 0 Å². The Bertz CT molecular complexity index is 415. The van der Waals surface area contributed by atoms with Gasteiger partial charge in [-0.1, -0.05) is 0 Å². The maximum Gasteiger partial charge on any atom is 0.267 e. The molecule has 0 saturated carbocycles. The van der Waals surface area contributed by atoms with Crippen LogP contribution in [0.3, 0.4) is 0 Å². The molecule has 2 heterocycles. The minimum absolute atomic E-state index is 0.324. The summed E-state index contributed by atoms with van der Waals surface area (Å²) >= 11 is 0. The van der Waals surface area contributed by atoms with Crippen LogP contribution in [0.1, 0.15) is 23.3 Å². The van der Waals surface area contributed by atoms with Gasteiger partial charge >= 0.3 is 0 Å². The first kappa shape index (κ1) is 12.8. The summed E-state index contributed by atoms with van der Waals surface area (Å²) in [5.41, 5.74) is 6.56. The van der Waals surface area contributed by atoms with Gasteiger partial charge in [0.1, 0.15) is 5.69 Å². The van der Waals surface area contributed by atoms with Gasteiger partial charge in [-0.05, 0) is 44.0 Å². The van der Waals surface area contributed by atoms with Gasteiger partial charge in [-0.25, -0.2) is 0 Å². The third-order valence-corrected chi connectivity index (χ3v) is 3.43. The summed E-state index contributed by atoms with van der Waals surface area (Å²) in [6.07, 6.45) is 4.05. The lowest BCUT2D eigenvalue weighted by atomic mass is 9.97.